The first-order valence-electron chi connectivity index (χ1n) is 7.32. The summed E-state index contributed by atoms with van der Waals surface area (Å²) >= 11 is 0. The molecule has 9 nitrogen and oxygen atoms in total. The molecule has 1 N–H and O–H groups in total. The summed E-state index contributed by atoms with van der Waals surface area (Å²) in [6.45, 7) is 5.96. The Kier molecular flexibility index (Phi) is 4.06. The minimum atomic E-state index is -3.74. The number of tetrazole rings is 1. The number of nitrogens with zero attached hydrogens (tertiary/aromatic N) is 6. The van der Waals surface area contributed by atoms with Crippen LogP contribution in [0.3, 0.4) is 0 Å². The molecule has 0 aliphatic carbocycles. The molecule has 0 saturated carbocycles. The Morgan fingerprint density at radius 1 is 1.25 bits per heavy atom. The highest BCUT2D eigenvalue weighted by Crippen LogP contribution is 2.23. The normalized spacial score (nSPS) is 11.6. The first-order valence-corrected chi connectivity index (χ1v) is 8.81. The van der Waals surface area contributed by atoms with Gasteiger partial charge in [-0.1, -0.05) is 6.07 Å². The van der Waals surface area contributed by atoms with Crippen LogP contribution in [0.5, 0.6) is 0 Å². The summed E-state index contributed by atoms with van der Waals surface area (Å²) in [5.41, 5.74) is 2.15. The molecule has 3 aromatic rings. The summed E-state index contributed by atoms with van der Waals surface area (Å²) in [5, 5.41) is 15.2. The van der Waals surface area contributed by atoms with Gasteiger partial charge in [-0.15, -0.1) is 5.10 Å². The van der Waals surface area contributed by atoms with Crippen LogP contribution in [-0.2, 0) is 16.6 Å². The van der Waals surface area contributed by atoms with Gasteiger partial charge < -0.3 is 0 Å². The van der Waals surface area contributed by atoms with Crippen molar-refractivity contribution >= 4 is 15.7 Å². The average Bonchev–Trinajstić information content (AvgIpc) is 3.15. The van der Waals surface area contributed by atoms with E-state index in [1.54, 1.807) is 42.8 Å². The Bertz CT molecular complexity index is 961. The summed E-state index contributed by atoms with van der Waals surface area (Å²) in [7, 11) is -3.74. The molecule has 2 aromatic heterocycles. The number of hydrogen-bond acceptors (Lipinski definition) is 6. The number of aryl methyl sites for hydroxylation is 2. The molecule has 1 aromatic carbocycles. The molecule has 0 radical (unpaired) electrons. The zero-order chi connectivity index (χ0) is 17.3. The molecule has 2 heterocycles. The molecule has 126 valence electrons. The van der Waals surface area contributed by atoms with Crippen LogP contribution in [0, 0.1) is 13.8 Å². The SMILES string of the molecule is CCn1nc(C)c(S(=O)(=O)Nc2cccc(-n3cnnn3)c2)c1C. The minimum Gasteiger partial charge on any atom is -0.279 e. The number of sulfonamides is 1. The molecule has 24 heavy (non-hydrogen) atoms. The van der Waals surface area contributed by atoms with Crippen LogP contribution < -0.4 is 4.72 Å². The highest BCUT2D eigenvalue weighted by Gasteiger charge is 2.24. The summed E-state index contributed by atoms with van der Waals surface area (Å²) in [4.78, 5) is 0.206. The number of benzene rings is 1. The minimum absolute atomic E-state index is 0.206. The third-order valence-electron chi connectivity index (χ3n) is 3.60. The number of hydrogen-bond donors (Lipinski definition) is 1. The Balaban J connectivity index is 1.96. The maximum absolute atomic E-state index is 12.8. The predicted octanol–water partition coefficient (Wildman–Crippen LogP) is 1.30. The lowest BCUT2D eigenvalue weighted by Gasteiger charge is -2.10. The van der Waals surface area contributed by atoms with Gasteiger partial charge in [0, 0.05) is 6.54 Å². The monoisotopic (exact) mass is 347 g/mol. The zero-order valence-electron chi connectivity index (χ0n) is 13.5. The lowest BCUT2D eigenvalue weighted by molar-refractivity contribution is 0.598. The number of nitrogens with one attached hydrogen (secondary N) is 1. The summed E-state index contributed by atoms with van der Waals surface area (Å²) < 4.78 is 31.2. The topological polar surface area (TPSA) is 108 Å². The maximum atomic E-state index is 12.8. The van der Waals surface area contributed by atoms with Crippen molar-refractivity contribution in [2.75, 3.05) is 4.72 Å². The van der Waals surface area contributed by atoms with Gasteiger partial charge in [-0.3, -0.25) is 9.40 Å². The van der Waals surface area contributed by atoms with Crippen molar-refractivity contribution in [3.63, 3.8) is 0 Å². The second-order valence-corrected chi connectivity index (χ2v) is 6.85. The van der Waals surface area contributed by atoms with Gasteiger partial charge in [0.2, 0.25) is 0 Å². The van der Waals surface area contributed by atoms with Gasteiger partial charge in [-0.2, -0.15) is 5.10 Å². The Labute approximate surface area is 139 Å². The number of aromatic nitrogens is 6. The third kappa shape index (κ3) is 2.87. The van der Waals surface area contributed by atoms with Crippen molar-refractivity contribution in [3.8, 4) is 5.69 Å². The van der Waals surface area contributed by atoms with E-state index in [-0.39, 0.29) is 4.90 Å². The predicted molar refractivity (Wildman–Crippen MR) is 87.3 cm³/mol. The molecular weight excluding hydrogens is 330 g/mol. The van der Waals surface area contributed by atoms with E-state index in [1.807, 2.05) is 6.92 Å². The van der Waals surface area contributed by atoms with Crippen LogP contribution in [0.15, 0.2) is 35.5 Å². The molecule has 0 aliphatic rings. The quantitative estimate of drug-likeness (QED) is 0.745. The highest BCUT2D eigenvalue weighted by atomic mass is 32.2. The smallest absolute Gasteiger partial charge is 0.265 e. The van der Waals surface area contributed by atoms with Gasteiger partial charge in [0.25, 0.3) is 10.0 Å². The number of rotatable bonds is 5. The van der Waals surface area contributed by atoms with Gasteiger partial charge in [0.15, 0.2) is 0 Å². The molecule has 0 aliphatic heterocycles. The number of anilines is 1. The summed E-state index contributed by atoms with van der Waals surface area (Å²) in [6.07, 6.45) is 1.44. The van der Waals surface area contributed by atoms with Crippen LogP contribution in [0.2, 0.25) is 0 Å². The van der Waals surface area contributed by atoms with E-state index in [9.17, 15) is 8.42 Å². The third-order valence-corrected chi connectivity index (χ3v) is 5.23. The molecule has 0 fully saturated rings. The summed E-state index contributed by atoms with van der Waals surface area (Å²) in [5.74, 6) is 0. The van der Waals surface area contributed by atoms with Crippen molar-refractivity contribution in [2.45, 2.75) is 32.2 Å². The van der Waals surface area contributed by atoms with Crippen LogP contribution in [0.4, 0.5) is 5.69 Å². The first kappa shape index (κ1) is 16.1. The first-order chi connectivity index (χ1) is 11.4. The van der Waals surface area contributed by atoms with Crippen LogP contribution in [-0.4, -0.2) is 38.4 Å². The lowest BCUT2D eigenvalue weighted by atomic mass is 10.3. The van der Waals surface area contributed by atoms with Crippen molar-refractivity contribution in [2.24, 2.45) is 0 Å². The fraction of sp³-hybridized carbons (Fsp3) is 0.286. The van der Waals surface area contributed by atoms with Gasteiger partial charge in [-0.05, 0) is 49.4 Å². The molecule has 0 unspecified atom stereocenters. The molecule has 0 atom stereocenters. The van der Waals surface area contributed by atoms with Gasteiger partial charge in [0.05, 0.1) is 22.8 Å². The van der Waals surface area contributed by atoms with Gasteiger partial charge >= 0.3 is 0 Å². The molecule has 0 amide bonds. The van der Waals surface area contributed by atoms with Crippen LogP contribution >= 0.6 is 0 Å². The molecule has 3 rings (SSSR count). The molecule has 0 saturated heterocycles. The summed E-state index contributed by atoms with van der Waals surface area (Å²) in [6, 6.07) is 6.83. The van der Waals surface area contributed by atoms with E-state index in [0.717, 1.165) is 0 Å². The van der Waals surface area contributed by atoms with E-state index >= 15 is 0 Å². The van der Waals surface area contributed by atoms with E-state index in [0.29, 0.717) is 29.3 Å². The molecule has 10 heteroatoms. The Morgan fingerprint density at radius 2 is 2.04 bits per heavy atom. The molecule has 0 bridgehead atoms. The highest BCUT2D eigenvalue weighted by molar-refractivity contribution is 7.92. The molecule has 0 spiro atoms. The average molecular weight is 347 g/mol. The Hall–Kier alpha value is -2.75. The van der Waals surface area contributed by atoms with E-state index < -0.39 is 10.0 Å². The van der Waals surface area contributed by atoms with Crippen molar-refractivity contribution in [3.05, 3.63) is 42.0 Å². The van der Waals surface area contributed by atoms with E-state index in [1.165, 1.54) is 11.0 Å². The maximum Gasteiger partial charge on any atom is 0.265 e. The standard InChI is InChI=1S/C14H17N7O2S/c1-4-20-11(3)14(10(2)16-20)24(22,23)17-12-6-5-7-13(8-12)21-9-15-18-19-21/h5-9,17H,4H2,1-3H3. The van der Waals surface area contributed by atoms with Crippen molar-refractivity contribution in [1.82, 2.24) is 30.0 Å². The molecular formula is C14H17N7O2S. The Morgan fingerprint density at radius 3 is 2.67 bits per heavy atom. The van der Waals surface area contributed by atoms with Crippen LogP contribution in [0.1, 0.15) is 18.3 Å². The fourth-order valence-corrected chi connectivity index (χ4v) is 4.04. The van der Waals surface area contributed by atoms with Crippen molar-refractivity contribution in [1.29, 1.82) is 0 Å². The second-order valence-electron chi connectivity index (χ2n) is 5.23. The largest absolute Gasteiger partial charge is 0.279 e. The van der Waals surface area contributed by atoms with E-state index in [2.05, 4.69) is 25.3 Å². The van der Waals surface area contributed by atoms with Gasteiger partial charge in [0.1, 0.15) is 11.2 Å². The van der Waals surface area contributed by atoms with Gasteiger partial charge in [-0.25, -0.2) is 13.1 Å². The second kappa shape index (κ2) is 6.04. The van der Waals surface area contributed by atoms with Crippen molar-refractivity contribution < 1.29 is 8.42 Å². The fourth-order valence-electron chi connectivity index (χ4n) is 2.57. The van der Waals surface area contributed by atoms with E-state index in [4.69, 9.17) is 0 Å². The lowest BCUT2D eigenvalue weighted by Crippen LogP contribution is -2.15. The van der Waals surface area contributed by atoms with Crippen LogP contribution in [0.25, 0.3) is 5.69 Å². The zero-order valence-corrected chi connectivity index (χ0v) is 14.3.